The number of hydrogen-bond acceptors (Lipinski definition) is 6. The summed E-state index contributed by atoms with van der Waals surface area (Å²) in [5.74, 6) is 2.36. The Morgan fingerprint density at radius 3 is 2.14 bits per heavy atom. The molecule has 0 radical (unpaired) electrons. The molecule has 1 unspecified atom stereocenters. The number of nitrogens with zero attached hydrogens (tertiary/aromatic N) is 2. The largest absolute Gasteiger partial charge is 0.619 e. The first-order valence-corrected chi connectivity index (χ1v) is 11.6. The first-order chi connectivity index (χ1) is 17.3. The van der Waals surface area contributed by atoms with Gasteiger partial charge in [0.15, 0.2) is 23.9 Å². The number of aromatic nitrogens is 2. The summed E-state index contributed by atoms with van der Waals surface area (Å²) in [6.07, 6.45) is 5.47. The van der Waals surface area contributed by atoms with E-state index in [1.54, 1.807) is 34.3 Å². The van der Waals surface area contributed by atoms with E-state index >= 15 is 0 Å². The van der Waals surface area contributed by atoms with Crippen molar-refractivity contribution < 1.29 is 24.0 Å². The van der Waals surface area contributed by atoms with Crippen molar-refractivity contribution in [3.63, 3.8) is 0 Å². The molecule has 36 heavy (non-hydrogen) atoms. The van der Waals surface area contributed by atoms with Crippen LogP contribution in [0, 0.1) is 5.21 Å². The van der Waals surface area contributed by atoms with Gasteiger partial charge in [0.05, 0.1) is 19.8 Å². The molecule has 4 aromatic rings. The maximum Gasteiger partial charge on any atom is 0.219 e. The summed E-state index contributed by atoms with van der Waals surface area (Å²) >= 11 is 0. The molecule has 0 saturated heterocycles. The third-order valence-electron chi connectivity index (χ3n) is 6.07. The van der Waals surface area contributed by atoms with E-state index in [-0.39, 0.29) is 5.92 Å². The van der Waals surface area contributed by atoms with Crippen LogP contribution in [0.1, 0.15) is 42.0 Å². The van der Waals surface area contributed by atoms with E-state index in [1.807, 2.05) is 66.7 Å². The van der Waals surface area contributed by atoms with Gasteiger partial charge in [-0.2, -0.15) is 4.73 Å². The summed E-state index contributed by atoms with van der Waals surface area (Å²) in [6, 6.07) is 20.6. The van der Waals surface area contributed by atoms with Crippen LogP contribution in [0.4, 0.5) is 0 Å². The number of rotatable bonds is 9. The van der Waals surface area contributed by atoms with Crippen LogP contribution >= 0.6 is 0 Å². The summed E-state index contributed by atoms with van der Waals surface area (Å²) in [5, 5.41) is 21.6. The average Bonchev–Trinajstić information content (AvgIpc) is 2.88. The zero-order chi connectivity index (χ0) is 25.7. The van der Waals surface area contributed by atoms with Crippen LogP contribution in [0.2, 0.25) is 0 Å². The van der Waals surface area contributed by atoms with E-state index in [4.69, 9.17) is 14.2 Å². The van der Waals surface area contributed by atoms with E-state index in [9.17, 15) is 10.3 Å². The molecular weight excluding hydrogens is 456 g/mol. The SMILES string of the molecule is COc1ccc(C(Cc2cc[n+]([O-])cc2)c2ccc(Oc3ccc(C(C)(C)O)cc3)nc2)cc1OC. The van der Waals surface area contributed by atoms with Crippen LogP contribution in [-0.4, -0.2) is 24.3 Å². The average molecular weight is 487 g/mol. The van der Waals surface area contributed by atoms with Crippen molar-refractivity contribution in [2.24, 2.45) is 0 Å². The van der Waals surface area contributed by atoms with Gasteiger partial charge in [-0.25, -0.2) is 4.98 Å². The highest BCUT2D eigenvalue weighted by Gasteiger charge is 2.19. The van der Waals surface area contributed by atoms with Gasteiger partial charge in [0.2, 0.25) is 5.88 Å². The minimum Gasteiger partial charge on any atom is -0.619 e. The highest BCUT2D eigenvalue weighted by Crippen LogP contribution is 2.35. The van der Waals surface area contributed by atoms with E-state index in [1.165, 1.54) is 12.4 Å². The van der Waals surface area contributed by atoms with Crippen molar-refractivity contribution in [1.29, 1.82) is 0 Å². The molecule has 2 heterocycles. The number of hydrogen-bond donors (Lipinski definition) is 1. The molecule has 2 aromatic carbocycles. The van der Waals surface area contributed by atoms with Crippen molar-refractivity contribution in [2.45, 2.75) is 31.8 Å². The molecule has 0 amide bonds. The molecule has 0 aliphatic heterocycles. The maximum atomic E-state index is 11.5. The smallest absolute Gasteiger partial charge is 0.219 e. The Bertz CT molecular complexity index is 1280. The molecule has 7 nitrogen and oxygen atoms in total. The lowest BCUT2D eigenvalue weighted by molar-refractivity contribution is -0.605. The van der Waals surface area contributed by atoms with E-state index in [0.717, 1.165) is 27.0 Å². The van der Waals surface area contributed by atoms with Crippen LogP contribution in [0.3, 0.4) is 0 Å². The fourth-order valence-corrected chi connectivity index (χ4v) is 4.02. The van der Waals surface area contributed by atoms with Crippen LogP contribution < -0.4 is 18.9 Å². The Hall–Kier alpha value is -4.10. The Balaban J connectivity index is 1.61. The second-order valence-electron chi connectivity index (χ2n) is 9.05. The second kappa shape index (κ2) is 10.7. The van der Waals surface area contributed by atoms with E-state index in [0.29, 0.717) is 29.5 Å². The number of ether oxygens (including phenoxy) is 3. The molecule has 0 aliphatic rings. The molecule has 0 spiro atoms. The van der Waals surface area contributed by atoms with Crippen molar-refractivity contribution >= 4 is 0 Å². The molecule has 7 heteroatoms. The topological polar surface area (TPSA) is 87.8 Å². The van der Waals surface area contributed by atoms with E-state index in [2.05, 4.69) is 4.98 Å². The molecule has 1 atom stereocenters. The van der Waals surface area contributed by atoms with Gasteiger partial charge in [0.25, 0.3) is 0 Å². The van der Waals surface area contributed by atoms with Crippen LogP contribution in [0.5, 0.6) is 23.1 Å². The minimum atomic E-state index is -0.912. The van der Waals surface area contributed by atoms with Gasteiger partial charge >= 0.3 is 0 Å². The predicted molar refractivity (Wildman–Crippen MR) is 136 cm³/mol. The van der Waals surface area contributed by atoms with Gasteiger partial charge in [-0.3, -0.25) is 0 Å². The third kappa shape index (κ3) is 5.93. The highest BCUT2D eigenvalue weighted by atomic mass is 16.5. The van der Waals surface area contributed by atoms with Gasteiger partial charge in [0.1, 0.15) is 5.75 Å². The van der Waals surface area contributed by atoms with Gasteiger partial charge in [-0.15, -0.1) is 0 Å². The van der Waals surface area contributed by atoms with Gasteiger partial charge in [-0.05, 0) is 66.8 Å². The Kier molecular flexibility index (Phi) is 7.41. The molecular formula is C29H30N2O5. The summed E-state index contributed by atoms with van der Waals surface area (Å²) < 4.78 is 17.6. The lowest BCUT2D eigenvalue weighted by atomic mass is 9.87. The molecule has 0 aliphatic carbocycles. The minimum absolute atomic E-state index is 0.0417. The molecule has 2 aromatic heterocycles. The molecule has 186 valence electrons. The number of methoxy groups -OCH3 is 2. The first kappa shape index (κ1) is 25.0. The van der Waals surface area contributed by atoms with Crippen LogP contribution in [0.15, 0.2) is 85.3 Å². The molecule has 4 rings (SSSR count). The Morgan fingerprint density at radius 1 is 0.889 bits per heavy atom. The highest BCUT2D eigenvalue weighted by molar-refractivity contribution is 5.46. The van der Waals surface area contributed by atoms with Crippen molar-refractivity contribution in [3.8, 4) is 23.1 Å². The number of pyridine rings is 2. The van der Waals surface area contributed by atoms with Gasteiger partial charge < -0.3 is 24.5 Å². The third-order valence-corrected chi connectivity index (χ3v) is 6.07. The summed E-state index contributed by atoms with van der Waals surface area (Å²) in [6.45, 7) is 3.48. The monoisotopic (exact) mass is 486 g/mol. The van der Waals surface area contributed by atoms with Gasteiger partial charge in [0, 0.05) is 30.3 Å². The predicted octanol–water partition coefficient (Wildman–Crippen LogP) is 5.13. The van der Waals surface area contributed by atoms with Crippen molar-refractivity contribution in [3.05, 3.63) is 113 Å². The lowest BCUT2D eigenvalue weighted by Crippen LogP contribution is -2.24. The Morgan fingerprint density at radius 2 is 1.56 bits per heavy atom. The quantitative estimate of drug-likeness (QED) is 0.261. The fourth-order valence-electron chi connectivity index (χ4n) is 4.02. The first-order valence-electron chi connectivity index (χ1n) is 11.6. The molecule has 0 fully saturated rings. The molecule has 0 bridgehead atoms. The Labute approximate surface area is 211 Å². The fraction of sp³-hybridized carbons (Fsp3) is 0.241. The second-order valence-corrected chi connectivity index (χ2v) is 9.05. The molecule has 1 N–H and O–H groups in total. The zero-order valence-corrected chi connectivity index (χ0v) is 20.8. The normalized spacial score (nSPS) is 12.1. The summed E-state index contributed by atoms with van der Waals surface area (Å²) in [4.78, 5) is 4.54. The van der Waals surface area contributed by atoms with Gasteiger partial charge in [-0.1, -0.05) is 24.3 Å². The number of aliphatic hydroxyl groups is 1. The van der Waals surface area contributed by atoms with Crippen LogP contribution in [-0.2, 0) is 12.0 Å². The maximum absolute atomic E-state index is 11.5. The summed E-state index contributed by atoms with van der Waals surface area (Å²) in [7, 11) is 3.22. The number of benzene rings is 2. The zero-order valence-electron chi connectivity index (χ0n) is 20.8. The molecule has 0 saturated carbocycles. The van der Waals surface area contributed by atoms with E-state index < -0.39 is 5.60 Å². The van der Waals surface area contributed by atoms with Crippen molar-refractivity contribution in [2.75, 3.05) is 14.2 Å². The van der Waals surface area contributed by atoms with Crippen LogP contribution in [0.25, 0.3) is 0 Å². The standard InChI is InChI=1S/C29H30N2O5/c1-29(2,32)23-7-9-24(10-8-23)36-28-12-6-22(19-30-28)25(17-20-13-15-31(33)16-14-20)21-5-11-26(34-3)27(18-21)35-4/h5-16,18-19,25,32H,17H2,1-4H3. The lowest BCUT2D eigenvalue weighted by Gasteiger charge is -2.20. The van der Waals surface area contributed by atoms with Crippen molar-refractivity contribution in [1.82, 2.24) is 4.98 Å². The summed E-state index contributed by atoms with van der Waals surface area (Å²) in [5.41, 5.74) is 2.94.